The SMILES string of the molecule is CC1=C(C)C(C)[C]([Hf][C]2=C(C)C(C)=C(C)C2C)=C1C.C[Si](C)(Cl)Cl. The number of hydrogen-bond donors (Lipinski definition) is 0. The molecule has 2 aliphatic carbocycles. The van der Waals surface area contributed by atoms with Gasteiger partial charge in [-0.25, -0.2) is 0 Å². The molecule has 0 bridgehead atoms. The van der Waals surface area contributed by atoms with Crippen LogP contribution >= 0.6 is 22.2 Å². The van der Waals surface area contributed by atoms with Crippen LogP contribution in [0.4, 0.5) is 0 Å². The maximum Gasteiger partial charge on any atom is 0.245 e. The Balaban J connectivity index is 0.000000505. The summed E-state index contributed by atoms with van der Waals surface area (Å²) in [5.74, 6) is 1.44. The minimum absolute atomic E-state index is 0.719. The molecule has 0 amide bonds. The molecule has 0 aromatic heterocycles. The van der Waals surface area contributed by atoms with Crippen molar-refractivity contribution in [2.45, 2.75) is 68.5 Å². The van der Waals surface area contributed by atoms with Gasteiger partial charge < -0.3 is 0 Å². The largest absolute Gasteiger partial charge is 0.245 e. The molecule has 134 valence electrons. The molecule has 0 radical (unpaired) electrons. The third kappa shape index (κ3) is 5.31. The third-order valence-electron chi connectivity index (χ3n) is 5.55. The van der Waals surface area contributed by atoms with Gasteiger partial charge >= 0.3 is 130 Å². The standard InChI is InChI=1S/2C9H13.C2H6Cl2Si.Hf/c2*1-6-5-7(2)9(4)8(6)3;1-5(2,3)4;/h2*6H,1-4H3;1-2H3;. The first kappa shape index (κ1) is 22.7. The fourth-order valence-corrected chi connectivity index (χ4v) is 10.1. The van der Waals surface area contributed by atoms with Gasteiger partial charge in [0.1, 0.15) is 0 Å². The molecule has 0 spiro atoms. The zero-order valence-corrected chi connectivity index (χ0v) is 23.0. The molecule has 4 heteroatoms. The summed E-state index contributed by atoms with van der Waals surface area (Å²) in [6.07, 6.45) is 0. The van der Waals surface area contributed by atoms with E-state index in [1.165, 1.54) is 0 Å². The second-order valence-electron chi connectivity index (χ2n) is 7.59. The molecule has 2 unspecified atom stereocenters. The number of allylic oxidation sites excluding steroid dienone is 8. The molecule has 0 saturated carbocycles. The van der Waals surface area contributed by atoms with Crippen LogP contribution in [0, 0.1) is 11.8 Å². The van der Waals surface area contributed by atoms with Crippen molar-refractivity contribution in [3.63, 3.8) is 0 Å². The van der Waals surface area contributed by atoms with E-state index in [0.717, 1.165) is 11.8 Å². The molecule has 2 rings (SSSR count). The molecule has 0 nitrogen and oxygen atoms in total. The molecular weight excluding hydrogens is 518 g/mol. The third-order valence-corrected chi connectivity index (χ3v) is 13.3. The molecule has 0 N–H and O–H groups in total. The molecule has 0 aromatic carbocycles. The Morgan fingerprint density at radius 3 is 1.08 bits per heavy atom. The Morgan fingerprint density at radius 2 is 0.917 bits per heavy atom. The molecule has 0 aromatic rings. The van der Waals surface area contributed by atoms with Gasteiger partial charge in [-0.1, -0.05) is 0 Å². The Kier molecular flexibility index (Phi) is 8.07. The number of hydrogen-bond acceptors (Lipinski definition) is 0. The molecule has 0 fully saturated rings. The van der Waals surface area contributed by atoms with Crippen molar-refractivity contribution in [1.29, 1.82) is 0 Å². The van der Waals surface area contributed by atoms with Crippen molar-refractivity contribution >= 4 is 28.9 Å². The Labute approximate surface area is 171 Å². The summed E-state index contributed by atoms with van der Waals surface area (Å²) >= 11 is 10.0. The first-order valence-corrected chi connectivity index (χ1v) is 17.3. The van der Waals surface area contributed by atoms with Crippen LogP contribution in [0.15, 0.2) is 40.1 Å². The van der Waals surface area contributed by atoms with E-state index in [4.69, 9.17) is 22.2 Å². The smallest absolute Gasteiger partial charge is 0.146 e. The average molecular weight is 550 g/mol. The van der Waals surface area contributed by atoms with Gasteiger partial charge in [0.05, 0.1) is 0 Å². The van der Waals surface area contributed by atoms with Gasteiger partial charge in [-0.2, -0.15) is 0 Å². The van der Waals surface area contributed by atoms with E-state index >= 15 is 0 Å². The summed E-state index contributed by atoms with van der Waals surface area (Å²) in [6, 6.07) is 0. The maximum atomic E-state index is 5.43. The summed E-state index contributed by atoms with van der Waals surface area (Å²) in [5.41, 5.74) is 9.63. The monoisotopic (exact) mass is 550 g/mol. The van der Waals surface area contributed by atoms with Crippen LogP contribution in [0.25, 0.3) is 0 Å². The van der Waals surface area contributed by atoms with Gasteiger partial charge in [0, 0.05) is 0 Å². The minimum atomic E-state index is -1.67. The summed E-state index contributed by atoms with van der Waals surface area (Å²) in [5, 5.41) is 0. The Morgan fingerprint density at radius 1 is 0.667 bits per heavy atom. The first-order valence-electron chi connectivity index (χ1n) is 8.69. The van der Waals surface area contributed by atoms with Crippen molar-refractivity contribution in [1.82, 2.24) is 0 Å². The zero-order chi connectivity index (χ0) is 19.0. The average Bonchev–Trinajstić information content (AvgIpc) is 2.75. The molecular formula is C20H32Cl2HfSi. The number of halogens is 2. The van der Waals surface area contributed by atoms with Gasteiger partial charge in [0.25, 0.3) is 0 Å². The molecule has 2 atom stereocenters. The van der Waals surface area contributed by atoms with Crippen LogP contribution < -0.4 is 0 Å². The van der Waals surface area contributed by atoms with Crippen LogP contribution in [-0.4, -0.2) is 6.69 Å². The minimum Gasteiger partial charge on any atom is -0.146 e. The fraction of sp³-hybridized carbons (Fsp3) is 0.600. The van der Waals surface area contributed by atoms with Crippen LogP contribution in [-0.2, 0) is 22.9 Å². The second-order valence-corrected chi connectivity index (χ2v) is 21.3. The van der Waals surface area contributed by atoms with Gasteiger partial charge in [0.2, 0.25) is 6.69 Å². The quantitative estimate of drug-likeness (QED) is 0.244. The van der Waals surface area contributed by atoms with Crippen LogP contribution in [0.2, 0.25) is 13.1 Å². The van der Waals surface area contributed by atoms with Gasteiger partial charge in [0.15, 0.2) is 0 Å². The zero-order valence-electron chi connectivity index (χ0n) is 16.9. The van der Waals surface area contributed by atoms with Gasteiger partial charge in [-0.05, 0) is 13.1 Å². The van der Waals surface area contributed by atoms with E-state index in [1.54, 1.807) is 33.4 Å². The normalized spacial score (nSPS) is 24.8. The van der Waals surface area contributed by atoms with Crippen molar-refractivity contribution in [2.75, 3.05) is 0 Å². The summed E-state index contributed by atoms with van der Waals surface area (Å²) in [6.45, 7) is 20.9. The van der Waals surface area contributed by atoms with Gasteiger partial charge in [-0.15, -0.1) is 22.2 Å². The summed E-state index contributed by atoms with van der Waals surface area (Å²) in [7, 11) is 0. The van der Waals surface area contributed by atoms with E-state index in [-0.39, 0.29) is 0 Å². The van der Waals surface area contributed by atoms with Crippen molar-refractivity contribution in [2.24, 2.45) is 11.8 Å². The Bertz CT molecular complexity index is 589. The van der Waals surface area contributed by atoms with Crippen LogP contribution in [0.5, 0.6) is 0 Å². The van der Waals surface area contributed by atoms with Crippen molar-refractivity contribution < 1.29 is 22.9 Å². The fourth-order valence-electron chi connectivity index (χ4n) is 3.28. The first-order chi connectivity index (χ1) is 10.8. The van der Waals surface area contributed by atoms with Crippen molar-refractivity contribution in [3.8, 4) is 0 Å². The Hall–Kier alpha value is 0.627. The second kappa shape index (κ2) is 8.54. The molecule has 0 heterocycles. The predicted octanol–water partition coefficient (Wildman–Crippen LogP) is 7.75. The van der Waals surface area contributed by atoms with Gasteiger partial charge in [-0.3, -0.25) is 0 Å². The topological polar surface area (TPSA) is 0 Å². The van der Waals surface area contributed by atoms with E-state index in [2.05, 4.69) is 55.4 Å². The van der Waals surface area contributed by atoms with E-state index in [9.17, 15) is 0 Å². The molecule has 24 heavy (non-hydrogen) atoms. The van der Waals surface area contributed by atoms with E-state index in [1.807, 2.05) is 19.8 Å². The summed E-state index contributed by atoms with van der Waals surface area (Å²) in [4.78, 5) is 0. The number of rotatable bonds is 2. The van der Waals surface area contributed by atoms with Crippen LogP contribution in [0.1, 0.15) is 55.4 Å². The molecule has 0 saturated heterocycles. The summed E-state index contributed by atoms with van der Waals surface area (Å²) < 4.78 is 3.69. The molecule has 0 aliphatic heterocycles. The van der Waals surface area contributed by atoms with Crippen molar-refractivity contribution in [3.05, 3.63) is 40.1 Å². The van der Waals surface area contributed by atoms with Crippen LogP contribution in [0.3, 0.4) is 0 Å². The van der Waals surface area contributed by atoms with E-state index in [0.29, 0.717) is 0 Å². The van der Waals surface area contributed by atoms with E-state index < -0.39 is 29.6 Å². The predicted molar refractivity (Wildman–Crippen MR) is 110 cm³/mol. The molecule has 2 aliphatic rings. The maximum absolute atomic E-state index is 5.43.